The van der Waals surface area contributed by atoms with Crippen LogP contribution >= 0.6 is 0 Å². The van der Waals surface area contributed by atoms with Crippen LogP contribution in [0, 0.1) is 16.2 Å². The van der Waals surface area contributed by atoms with E-state index in [9.17, 15) is 34.5 Å². The second kappa shape index (κ2) is 12.4. The van der Waals surface area contributed by atoms with Gasteiger partial charge in [-0.05, 0) is 47.6 Å². The number of aliphatic hydroxyl groups is 3. The predicted molar refractivity (Wildman–Crippen MR) is 131 cm³/mol. The summed E-state index contributed by atoms with van der Waals surface area (Å²) in [4.78, 5) is 54.9. The van der Waals surface area contributed by atoms with Crippen molar-refractivity contribution < 1.29 is 55.2 Å². The quantitative estimate of drug-likeness (QED) is 0.122. The normalized spacial score (nSPS) is 24.1. The van der Waals surface area contributed by atoms with Crippen molar-refractivity contribution in [2.45, 2.75) is 66.1 Å². The van der Waals surface area contributed by atoms with Gasteiger partial charge in [-0.25, -0.2) is 4.79 Å². The first-order valence-corrected chi connectivity index (χ1v) is 12.0. The van der Waals surface area contributed by atoms with E-state index in [1.165, 1.54) is 41.5 Å². The van der Waals surface area contributed by atoms with Crippen LogP contribution in [0.3, 0.4) is 0 Å². The number of aliphatic hydroxyl groups excluding tert-OH is 3. The summed E-state index contributed by atoms with van der Waals surface area (Å²) in [6.45, 7) is 5.69. The topological polar surface area (TPSA) is 216 Å². The lowest BCUT2D eigenvalue weighted by Crippen LogP contribution is -2.47. The predicted octanol–water partition coefficient (Wildman–Crippen LogP) is -0.636. The third-order valence-electron chi connectivity index (χ3n) is 6.04. The van der Waals surface area contributed by atoms with Gasteiger partial charge in [-0.15, -0.1) is 0 Å². The lowest BCUT2D eigenvalue weighted by Gasteiger charge is -2.30. The molecule has 1 aromatic heterocycles. The lowest BCUT2D eigenvalue weighted by atomic mass is 9.94. The van der Waals surface area contributed by atoms with Gasteiger partial charge < -0.3 is 34.3 Å². The Hall–Kier alpha value is -3.11. The summed E-state index contributed by atoms with van der Waals surface area (Å²) in [6.07, 6.45) is -6.75. The molecule has 220 valence electrons. The molecule has 1 aromatic rings. The van der Waals surface area contributed by atoms with Crippen molar-refractivity contribution in [2.24, 2.45) is 16.2 Å². The van der Waals surface area contributed by atoms with E-state index in [1.54, 1.807) is 5.48 Å². The molecule has 1 aliphatic rings. The van der Waals surface area contributed by atoms with E-state index in [4.69, 9.17) is 25.5 Å². The van der Waals surface area contributed by atoms with E-state index in [2.05, 4.69) is 4.98 Å². The Balaban J connectivity index is 2.66. The highest BCUT2D eigenvalue weighted by Gasteiger charge is 2.53. The van der Waals surface area contributed by atoms with Gasteiger partial charge >= 0.3 is 23.6 Å². The standard InChI is InChI=1S/C24H37N3O12/c1-22(2,10-28)18(31)36-9-13-15(38-19(32)23(3,4)11-29)16(39-20(33)24(5,6)12-30)17(37-13)27-8-7-14(26-35)25-21(27)34/h7-8,13,15-17,28-30,35H,9-12H2,1-6H3,(H,25,26,34)/t13-,15-,16-,17-/m1/s1/i17D. The maximum atomic E-state index is 13.0. The fourth-order valence-corrected chi connectivity index (χ4v) is 2.94. The Morgan fingerprint density at radius 1 is 0.974 bits per heavy atom. The van der Waals surface area contributed by atoms with E-state index in [-0.39, 0.29) is 5.82 Å². The molecule has 15 heteroatoms. The largest absolute Gasteiger partial charge is 0.462 e. The molecule has 0 saturated carbocycles. The van der Waals surface area contributed by atoms with Gasteiger partial charge in [0, 0.05) is 6.20 Å². The fourth-order valence-electron chi connectivity index (χ4n) is 2.94. The van der Waals surface area contributed by atoms with Crippen molar-refractivity contribution in [1.29, 1.82) is 0 Å². The Morgan fingerprint density at radius 2 is 1.46 bits per heavy atom. The van der Waals surface area contributed by atoms with Gasteiger partial charge in [0.1, 0.15) is 12.7 Å². The molecular formula is C24H37N3O12. The van der Waals surface area contributed by atoms with Crippen LogP contribution in [0.25, 0.3) is 0 Å². The van der Waals surface area contributed by atoms with Gasteiger partial charge in [0.25, 0.3) is 0 Å². The molecular weight excluding hydrogens is 522 g/mol. The van der Waals surface area contributed by atoms with Gasteiger partial charge in [0.15, 0.2) is 24.2 Å². The maximum absolute atomic E-state index is 13.0. The molecule has 1 aliphatic heterocycles. The van der Waals surface area contributed by atoms with E-state index < -0.39 is 90.8 Å². The molecule has 0 radical (unpaired) electrons. The fraction of sp³-hybridized carbons (Fsp3) is 0.708. The average Bonchev–Trinajstić information content (AvgIpc) is 3.17. The number of esters is 3. The second-order valence-electron chi connectivity index (χ2n) is 11.0. The van der Waals surface area contributed by atoms with Crippen LogP contribution < -0.4 is 11.2 Å². The third kappa shape index (κ3) is 7.30. The van der Waals surface area contributed by atoms with Crippen LogP contribution in [-0.4, -0.2) is 92.7 Å². The summed E-state index contributed by atoms with van der Waals surface area (Å²) in [5, 5.41) is 37.9. The lowest BCUT2D eigenvalue weighted by molar-refractivity contribution is -0.182. The van der Waals surface area contributed by atoms with Crippen molar-refractivity contribution in [1.82, 2.24) is 9.55 Å². The summed E-state index contributed by atoms with van der Waals surface area (Å²) in [5.74, 6) is -3.18. The third-order valence-corrected chi connectivity index (χ3v) is 6.04. The zero-order valence-corrected chi connectivity index (χ0v) is 22.7. The molecule has 15 nitrogen and oxygen atoms in total. The Kier molecular flexibility index (Phi) is 9.66. The number of aromatic nitrogens is 2. The van der Waals surface area contributed by atoms with Crippen LogP contribution in [0.15, 0.2) is 17.1 Å². The van der Waals surface area contributed by atoms with Crippen LogP contribution in [0.5, 0.6) is 0 Å². The summed E-state index contributed by atoms with van der Waals surface area (Å²) < 4.78 is 31.9. The molecule has 0 bridgehead atoms. The van der Waals surface area contributed by atoms with Gasteiger partial charge in [-0.1, -0.05) is 0 Å². The van der Waals surface area contributed by atoms with E-state index in [1.807, 2.05) is 0 Å². The van der Waals surface area contributed by atoms with Crippen molar-refractivity contribution in [3.63, 3.8) is 0 Å². The van der Waals surface area contributed by atoms with Crippen LogP contribution in [0.1, 0.15) is 49.1 Å². The molecule has 0 unspecified atom stereocenters. The van der Waals surface area contributed by atoms with Crippen molar-refractivity contribution in [3.8, 4) is 0 Å². The summed E-state index contributed by atoms with van der Waals surface area (Å²) in [7, 11) is 0. The molecule has 2 heterocycles. The Labute approximate surface area is 226 Å². The van der Waals surface area contributed by atoms with Crippen LogP contribution in [0.4, 0.5) is 5.82 Å². The number of ether oxygens (including phenoxy) is 4. The zero-order valence-electron chi connectivity index (χ0n) is 23.7. The first kappa shape index (κ1) is 30.4. The van der Waals surface area contributed by atoms with Gasteiger partial charge in [-0.2, -0.15) is 4.98 Å². The van der Waals surface area contributed by atoms with Crippen LogP contribution in [-0.2, 0) is 33.3 Å². The number of hydrogen-bond donors (Lipinski definition) is 5. The molecule has 4 atom stereocenters. The van der Waals surface area contributed by atoms with Crippen LogP contribution in [0.2, 0.25) is 0 Å². The molecule has 0 amide bonds. The average molecular weight is 561 g/mol. The zero-order chi connectivity index (χ0) is 30.7. The number of hydrogen-bond acceptors (Lipinski definition) is 14. The van der Waals surface area contributed by atoms with Gasteiger partial charge in [0.2, 0.25) is 0 Å². The molecule has 1 saturated heterocycles. The monoisotopic (exact) mass is 560 g/mol. The summed E-state index contributed by atoms with van der Waals surface area (Å²) in [6, 6.07) is 1.10. The SMILES string of the molecule is [2H][C@@]1(n2ccc(NO)nc2=O)O[C@H](COC(=O)C(C)(C)CO)[C@@H](OC(=O)C(C)(C)CO)[C@H]1OC(=O)C(C)(C)CO. The number of rotatable bonds is 12. The minimum atomic E-state index is -2.67. The number of nitrogens with one attached hydrogen (secondary N) is 1. The molecule has 1 fully saturated rings. The summed E-state index contributed by atoms with van der Waals surface area (Å²) >= 11 is 0. The van der Waals surface area contributed by atoms with Crippen molar-refractivity contribution in [2.75, 3.05) is 31.9 Å². The van der Waals surface area contributed by atoms with Gasteiger partial charge in [-0.3, -0.25) is 29.6 Å². The molecule has 0 aromatic carbocycles. The number of anilines is 1. The number of carbonyl (C=O) groups is 3. The molecule has 5 N–H and O–H groups in total. The first-order valence-electron chi connectivity index (χ1n) is 12.5. The Bertz CT molecular complexity index is 1150. The number of carbonyl (C=O) groups excluding carboxylic acids is 3. The minimum absolute atomic E-state index is 0.276. The smallest absolute Gasteiger partial charge is 0.351 e. The molecule has 39 heavy (non-hydrogen) atoms. The Morgan fingerprint density at radius 3 is 1.92 bits per heavy atom. The maximum Gasteiger partial charge on any atom is 0.351 e. The second-order valence-corrected chi connectivity index (χ2v) is 11.0. The molecule has 0 spiro atoms. The summed E-state index contributed by atoms with van der Waals surface area (Å²) in [5.41, 5.74) is -3.75. The van der Waals surface area contributed by atoms with Gasteiger partial charge in [0.05, 0.1) is 37.4 Å². The highest BCUT2D eigenvalue weighted by atomic mass is 16.7. The number of nitrogens with zero attached hydrogens (tertiary/aromatic N) is 2. The molecule has 2 rings (SSSR count). The molecule has 0 aliphatic carbocycles. The first-order chi connectivity index (χ1) is 18.4. The van der Waals surface area contributed by atoms with E-state index in [0.717, 1.165) is 12.3 Å². The van der Waals surface area contributed by atoms with Crippen molar-refractivity contribution >= 4 is 23.7 Å². The highest BCUT2D eigenvalue weighted by Crippen LogP contribution is 2.36. The van der Waals surface area contributed by atoms with E-state index >= 15 is 0 Å². The van der Waals surface area contributed by atoms with Crippen molar-refractivity contribution in [3.05, 3.63) is 22.7 Å². The van der Waals surface area contributed by atoms with E-state index in [0.29, 0.717) is 4.57 Å². The highest BCUT2D eigenvalue weighted by molar-refractivity contribution is 5.78. The minimum Gasteiger partial charge on any atom is -0.462 e.